The van der Waals surface area contributed by atoms with Crippen molar-refractivity contribution in [2.75, 3.05) is 5.84 Å². The van der Waals surface area contributed by atoms with Crippen LogP contribution in [0.15, 0.2) is 20.8 Å². The van der Waals surface area contributed by atoms with Crippen molar-refractivity contribution in [3.8, 4) is 5.95 Å². The molecule has 0 fully saturated rings. The third-order valence-corrected chi connectivity index (χ3v) is 6.13. The maximum absolute atomic E-state index is 12.5. The minimum Gasteiger partial charge on any atom is -0.334 e. The fraction of sp³-hybridized carbons (Fsp3) is 0.474. The van der Waals surface area contributed by atoms with E-state index in [1.807, 2.05) is 38.3 Å². The molecule has 0 radical (unpaired) electrons. The van der Waals surface area contributed by atoms with Gasteiger partial charge in [0.05, 0.1) is 11.4 Å². The van der Waals surface area contributed by atoms with Gasteiger partial charge < -0.3 is 10.4 Å². The van der Waals surface area contributed by atoms with E-state index in [-0.39, 0.29) is 0 Å². The molecule has 4 heterocycles. The lowest BCUT2D eigenvalue weighted by atomic mass is 10.3. The van der Waals surface area contributed by atoms with Crippen LogP contribution in [0.25, 0.3) is 17.1 Å². The molecule has 3 N–H and O–H groups in total. The zero-order valence-electron chi connectivity index (χ0n) is 18.5. The van der Waals surface area contributed by atoms with E-state index in [9.17, 15) is 9.59 Å². The maximum atomic E-state index is 12.5. The van der Waals surface area contributed by atoms with Gasteiger partial charge in [0, 0.05) is 18.8 Å². The highest BCUT2D eigenvalue weighted by atomic mass is 32.2. The average molecular weight is 459 g/mol. The van der Waals surface area contributed by atoms with Gasteiger partial charge in [-0.2, -0.15) is 5.10 Å². The molecular formula is C19H26N10O2S. The number of nitrogens with one attached hydrogen (secondary N) is 1. The first-order chi connectivity index (χ1) is 15.3. The number of nitrogen functional groups attached to an aromatic ring is 1. The first-order valence-corrected chi connectivity index (χ1v) is 11.4. The molecule has 0 aromatic carbocycles. The summed E-state index contributed by atoms with van der Waals surface area (Å²) in [6.07, 6.45) is 1.74. The van der Waals surface area contributed by atoms with Gasteiger partial charge in [-0.1, -0.05) is 25.1 Å². The normalized spacial score (nSPS) is 11.6. The number of hydrogen-bond donors (Lipinski definition) is 2. The van der Waals surface area contributed by atoms with Gasteiger partial charge in [-0.15, -0.1) is 10.2 Å². The van der Waals surface area contributed by atoms with Gasteiger partial charge >= 0.3 is 5.69 Å². The van der Waals surface area contributed by atoms with E-state index in [1.54, 1.807) is 4.68 Å². The van der Waals surface area contributed by atoms with E-state index in [1.165, 1.54) is 21.0 Å². The summed E-state index contributed by atoms with van der Waals surface area (Å²) in [5.41, 5.74) is 1.69. The molecule has 170 valence electrons. The zero-order valence-corrected chi connectivity index (χ0v) is 19.3. The molecule has 0 atom stereocenters. The number of hydrogen-bond acceptors (Lipinski definition) is 8. The highest BCUT2D eigenvalue weighted by Crippen LogP contribution is 2.23. The molecule has 13 heteroatoms. The van der Waals surface area contributed by atoms with Crippen molar-refractivity contribution >= 4 is 22.9 Å². The molecule has 4 aromatic heterocycles. The second kappa shape index (κ2) is 8.65. The van der Waals surface area contributed by atoms with Crippen LogP contribution in [0.2, 0.25) is 0 Å². The number of aromatic nitrogens is 9. The Morgan fingerprint density at radius 3 is 2.59 bits per heavy atom. The van der Waals surface area contributed by atoms with Gasteiger partial charge in [0.2, 0.25) is 5.16 Å². The summed E-state index contributed by atoms with van der Waals surface area (Å²) in [6, 6.07) is 1.93. The Kier molecular flexibility index (Phi) is 5.91. The zero-order chi connectivity index (χ0) is 23.0. The standard InChI is InChI=1S/C19H26N10O2S/c1-5-7-8-27-15-14(16(30)22-18(27)31)26(6-2)13(21-15)10-32-19-24-23-17(28(19)20)29-12(4)9-11(3)25-29/h9H,5-8,10,20H2,1-4H3,(H,22,30,31). The van der Waals surface area contributed by atoms with Gasteiger partial charge in [0.15, 0.2) is 11.2 Å². The Labute approximate surface area is 187 Å². The van der Waals surface area contributed by atoms with Crippen LogP contribution in [0.3, 0.4) is 0 Å². The maximum Gasteiger partial charge on any atom is 0.330 e. The molecule has 0 aliphatic heterocycles. The first-order valence-electron chi connectivity index (χ1n) is 10.4. The smallest absolute Gasteiger partial charge is 0.330 e. The van der Waals surface area contributed by atoms with Gasteiger partial charge in [-0.05, 0) is 33.3 Å². The number of fused-ring (bicyclic) bond motifs is 1. The first kappa shape index (κ1) is 21.9. The Morgan fingerprint density at radius 1 is 1.16 bits per heavy atom. The third-order valence-electron chi connectivity index (χ3n) is 5.19. The van der Waals surface area contributed by atoms with Crippen molar-refractivity contribution in [1.82, 2.24) is 43.8 Å². The number of nitrogens with zero attached hydrogens (tertiary/aromatic N) is 8. The molecule has 0 saturated carbocycles. The Bertz CT molecular complexity index is 1390. The number of aromatic amines is 1. The van der Waals surface area contributed by atoms with Crippen molar-refractivity contribution in [3.63, 3.8) is 0 Å². The van der Waals surface area contributed by atoms with Gasteiger partial charge in [0.1, 0.15) is 5.82 Å². The molecule has 0 spiro atoms. The second-order valence-electron chi connectivity index (χ2n) is 7.49. The lowest BCUT2D eigenvalue weighted by molar-refractivity contribution is 0.613. The number of H-pyrrole nitrogens is 1. The summed E-state index contributed by atoms with van der Waals surface area (Å²) in [5, 5.41) is 13.2. The predicted octanol–water partition coefficient (Wildman–Crippen LogP) is 1.11. The summed E-state index contributed by atoms with van der Waals surface area (Å²) < 4.78 is 6.38. The van der Waals surface area contributed by atoms with E-state index in [0.29, 0.717) is 46.9 Å². The van der Waals surface area contributed by atoms with Crippen LogP contribution in [0.1, 0.15) is 43.9 Å². The summed E-state index contributed by atoms with van der Waals surface area (Å²) in [6.45, 7) is 8.83. The minimum atomic E-state index is -0.438. The molecule has 4 aromatic rings. The molecule has 0 unspecified atom stereocenters. The lowest BCUT2D eigenvalue weighted by Gasteiger charge is -2.07. The third kappa shape index (κ3) is 3.72. The number of aryl methyl sites for hydroxylation is 4. The van der Waals surface area contributed by atoms with E-state index >= 15 is 0 Å². The predicted molar refractivity (Wildman–Crippen MR) is 122 cm³/mol. The summed E-state index contributed by atoms with van der Waals surface area (Å²) in [5.74, 6) is 7.69. The summed E-state index contributed by atoms with van der Waals surface area (Å²) in [7, 11) is 0. The van der Waals surface area contributed by atoms with Crippen LogP contribution >= 0.6 is 11.8 Å². The molecule has 4 rings (SSSR count). The van der Waals surface area contributed by atoms with E-state index in [0.717, 1.165) is 24.2 Å². The Balaban J connectivity index is 1.68. The SMILES string of the molecule is CCCCn1c(=O)[nH]c(=O)c2c1nc(CSc1nnc(-n3nc(C)cc3C)n1N)n2CC. The Morgan fingerprint density at radius 2 is 1.94 bits per heavy atom. The molecule has 0 aliphatic rings. The highest BCUT2D eigenvalue weighted by Gasteiger charge is 2.20. The topological polar surface area (TPSA) is 147 Å². The van der Waals surface area contributed by atoms with Gasteiger partial charge in [0.25, 0.3) is 11.5 Å². The largest absolute Gasteiger partial charge is 0.334 e. The Hall–Kier alpha value is -3.35. The number of imidazole rings is 1. The number of unbranched alkanes of at least 4 members (excludes halogenated alkanes) is 1. The minimum absolute atomic E-state index is 0.399. The van der Waals surface area contributed by atoms with E-state index in [2.05, 4.69) is 25.3 Å². The fourth-order valence-corrected chi connectivity index (χ4v) is 4.46. The number of rotatable bonds is 8. The van der Waals surface area contributed by atoms with Crippen molar-refractivity contribution in [2.45, 2.75) is 64.5 Å². The highest BCUT2D eigenvalue weighted by molar-refractivity contribution is 7.98. The summed E-state index contributed by atoms with van der Waals surface area (Å²) in [4.78, 5) is 32.0. The van der Waals surface area contributed by atoms with Crippen LogP contribution in [-0.2, 0) is 18.8 Å². The molecule has 32 heavy (non-hydrogen) atoms. The molecule has 0 saturated heterocycles. The van der Waals surface area contributed by atoms with Gasteiger partial charge in [-0.3, -0.25) is 14.3 Å². The van der Waals surface area contributed by atoms with Crippen molar-refractivity contribution < 1.29 is 0 Å². The van der Waals surface area contributed by atoms with E-state index in [4.69, 9.17) is 5.84 Å². The number of nitrogens with two attached hydrogens (primary N) is 1. The monoisotopic (exact) mass is 458 g/mol. The van der Waals surface area contributed by atoms with E-state index < -0.39 is 11.2 Å². The van der Waals surface area contributed by atoms with Crippen molar-refractivity contribution in [2.24, 2.45) is 0 Å². The lowest BCUT2D eigenvalue weighted by Crippen LogP contribution is -2.31. The van der Waals surface area contributed by atoms with Crippen molar-refractivity contribution in [1.29, 1.82) is 0 Å². The average Bonchev–Trinajstić information content (AvgIpc) is 3.40. The molecule has 12 nitrogen and oxygen atoms in total. The summed E-state index contributed by atoms with van der Waals surface area (Å²) >= 11 is 1.35. The van der Waals surface area contributed by atoms with Crippen molar-refractivity contribution in [3.05, 3.63) is 44.1 Å². The molecular weight excluding hydrogens is 432 g/mol. The number of thioether (sulfide) groups is 1. The quantitative estimate of drug-likeness (QED) is 0.295. The van der Waals surface area contributed by atoms with Gasteiger partial charge in [-0.25, -0.2) is 19.1 Å². The van der Waals surface area contributed by atoms with Crippen LogP contribution in [0.5, 0.6) is 0 Å². The van der Waals surface area contributed by atoms with Crippen LogP contribution in [-0.4, -0.2) is 43.8 Å². The fourth-order valence-electron chi connectivity index (χ4n) is 3.66. The second-order valence-corrected chi connectivity index (χ2v) is 8.43. The molecule has 0 amide bonds. The molecule has 0 aliphatic carbocycles. The van der Waals surface area contributed by atoms with Crippen LogP contribution in [0, 0.1) is 13.8 Å². The van der Waals surface area contributed by atoms with Crippen LogP contribution < -0.4 is 17.1 Å². The molecule has 0 bridgehead atoms. The van der Waals surface area contributed by atoms with Crippen LogP contribution in [0.4, 0.5) is 0 Å².